The van der Waals surface area contributed by atoms with E-state index in [2.05, 4.69) is 15.4 Å². The van der Waals surface area contributed by atoms with Crippen molar-refractivity contribution in [3.8, 4) is 5.75 Å². The number of thiocarbonyl (C=S) groups is 1. The fourth-order valence-electron chi connectivity index (χ4n) is 3.10. The minimum atomic E-state index is -2.94. The molecular formula is C19H20F2N2O3S2. The molecule has 0 saturated heterocycles. The molecule has 1 aliphatic rings. The van der Waals surface area contributed by atoms with E-state index < -0.39 is 6.61 Å². The lowest BCUT2D eigenvalue weighted by Gasteiger charge is -2.15. The Balaban J connectivity index is 1.81. The van der Waals surface area contributed by atoms with Crippen molar-refractivity contribution in [3.63, 3.8) is 0 Å². The van der Waals surface area contributed by atoms with Crippen molar-refractivity contribution >= 4 is 45.3 Å². The summed E-state index contributed by atoms with van der Waals surface area (Å²) in [7, 11) is 0. The summed E-state index contributed by atoms with van der Waals surface area (Å²) < 4.78 is 34.9. The Labute approximate surface area is 171 Å². The van der Waals surface area contributed by atoms with Crippen LogP contribution in [0.15, 0.2) is 24.3 Å². The highest BCUT2D eigenvalue weighted by Crippen LogP contribution is 2.38. The van der Waals surface area contributed by atoms with Crippen LogP contribution in [-0.4, -0.2) is 24.3 Å². The van der Waals surface area contributed by atoms with Gasteiger partial charge in [-0.25, -0.2) is 4.79 Å². The summed E-state index contributed by atoms with van der Waals surface area (Å²) in [5.74, 6) is -0.397. The maximum absolute atomic E-state index is 12.6. The second kappa shape index (κ2) is 9.29. The average Bonchev–Trinajstić information content (AvgIpc) is 3.00. The number of carbonyl (C=O) groups excluding carboxylic acids is 1. The van der Waals surface area contributed by atoms with E-state index in [0.29, 0.717) is 16.3 Å². The molecule has 0 amide bonds. The first-order valence-electron chi connectivity index (χ1n) is 8.93. The van der Waals surface area contributed by atoms with Crippen molar-refractivity contribution in [2.75, 3.05) is 17.2 Å². The topological polar surface area (TPSA) is 59.6 Å². The number of benzene rings is 1. The zero-order valence-corrected chi connectivity index (χ0v) is 16.9. The van der Waals surface area contributed by atoms with E-state index >= 15 is 0 Å². The van der Waals surface area contributed by atoms with Crippen molar-refractivity contribution in [1.82, 2.24) is 0 Å². The van der Waals surface area contributed by atoms with Gasteiger partial charge in [0.25, 0.3) is 0 Å². The molecule has 0 bridgehead atoms. The molecule has 5 nitrogen and oxygen atoms in total. The minimum Gasteiger partial charge on any atom is -0.462 e. The number of alkyl halides is 2. The van der Waals surface area contributed by atoms with Gasteiger partial charge in [-0.05, 0) is 62.5 Å². The Morgan fingerprint density at radius 2 is 2.00 bits per heavy atom. The van der Waals surface area contributed by atoms with Gasteiger partial charge in [0.1, 0.15) is 10.8 Å². The van der Waals surface area contributed by atoms with Crippen LogP contribution >= 0.6 is 23.6 Å². The van der Waals surface area contributed by atoms with Crippen molar-refractivity contribution in [2.24, 2.45) is 0 Å². The summed E-state index contributed by atoms with van der Waals surface area (Å²) in [4.78, 5) is 13.6. The highest BCUT2D eigenvalue weighted by atomic mass is 32.1. The average molecular weight is 427 g/mol. The van der Waals surface area contributed by atoms with Crippen LogP contribution in [0.2, 0.25) is 0 Å². The summed E-state index contributed by atoms with van der Waals surface area (Å²) >= 11 is 6.81. The second-order valence-corrected chi connectivity index (χ2v) is 7.60. The second-order valence-electron chi connectivity index (χ2n) is 6.09. The Morgan fingerprint density at radius 1 is 1.25 bits per heavy atom. The van der Waals surface area contributed by atoms with Crippen molar-refractivity contribution in [2.45, 2.75) is 39.2 Å². The summed E-state index contributed by atoms with van der Waals surface area (Å²) in [6, 6.07) is 6.27. The van der Waals surface area contributed by atoms with E-state index in [1.807, 2.05) is 0 Å². The molecule has 0 aliphatic heterocycles. The maximum Gasteiger partial charge on any atom is 0.387 e. The van der Waals surface area contributed by atoms with Gasteiger partial charge in [-0.1, -0.05) is 12.1 Å². The first kappa shape index (κ1) is 20.5. The zero-order chi connectivity index (χ0) is 20.1. The highest BCUT2D eigenvalue weighted by Gasteiger charge is 2.26. The SMILES string of the molecule is CCOC(=O)c1c(NC(=S)Nc2ccccc2OC(F)F)sc2c1CCCC2. The van der Waals surface area contributed by atoms with E-state index in [1.165, 1.54) is 17.4 Å². The molecule has 0 radical (unpaired) electrons. The number of ether oxygens (including phenoxy) is 2. The zero-order valence-electron chi connectivity index (χ0n) is 15.2. The van der Waals surface area contributed by atoms with Crippen LogP contribution < -0.4 is 15.4 Å². The van der Waals surface area contributed by atoms with Gasteiger partial charge < -0.3 is 20.1 Å². The fraction of sp³-hybridized carbons (Fsp3) is 0.368. The lowest BCUT2D eigenvalue weighted by atomic mass is 9.95. The smallest absolute Gasteiger partial charge is 0.387 e. The molecule has 2 aromatic rings. The number of aryl methyl sites for hydroxylation is 1. The number of rotatable bonds is 6. The number of halogens is 2. The molecule has 3 rings (SSSR count). The van der Waals surface area contributed by atoms with E-state index in [9.17, 15) is 13.6 Å². The van der Waals surface area contributed by atoms with Gasteiger partial charge >= 0.3 is 12.6 Å². The Bertz CT molecular complexity index is 871. The first-order valence-corrected chi connectivity index (χ1v) is 10.2. The molecule has 1 heterocycles. The molecule has 9 heteroatoms. The van der Waals surface area contributed by atoms with Gasteiger partial charge in [0.2, 0.25) is 0 Å². The molecule has 0 saturated carbocycles. The molecule has 1 aliphatic carbocycles. The number of hydrogen-bond acceptors (Lipinski definition) is 5. The molecule has 0 atom stereocenters. The number of thiophene rings is 1. The number of esters is 1. The van der Waals surface area contributed by atoms with Crippen molar-refractivity contribution < 1.29 is 23.0 Å². The van der Waals surface area contributed by atoms with Crippen LogP contribution in [-0.2, 0) is 17.6 Å². The van der Waals surface area contributed by atoms with Gasteiger partial charge in [0.05, 0.1) is 17.9 Å². The molecule has 1 aromatic heterocycles. The highest BCUT2D eigenvalue weighted by molar-refractivity contribution is 7.80. The maximum atomic E-state index is 12.6. The number of para-hydroxylation sites is 2. The number of carbonyl (C=O) groups is 1. The third-order valence-electron chi connectivity index (χ3n) is 4.23. The predicted molar refractivity (Wildman–Crippen MR) is 110 cm³/mol. The summed E-state index contributed by atoms with van der Waals surface area (Å²) in [5.41, 5.74) is 1.84. The monoisotopic (exact) mass is 426 g/mol. The van der Waals surface area contributed by atoms with Crippen LogP contribution in [0, 0.1) is 0 Å². The quantitative estimate of drug-likeness (QED) is 0.488. The third kappa shape index (κ3) is 4.77. The van der Waals surface area contributed by atoms with Crippen LogP contribution in [0.3, 0.4) is 0 Å². The molecule has 0 unspecified atom stereocenters. The Hall–Kier alpha value is -2.26. The van der Waals surface area contributed by atoms with Gasteiger partial charge in [-0.2, -0.15) is 8.78 Å². The molecule has 2 N–H and O–H groups in total. The molecule has 28 heavy (non-hydrogen) atoms. The lowest BCUT2D eigenvalue weighted by molar-refractivity contribution is -0.0493. The largest absolute Gasteiger partial charge is 0.462 e. The van der Waals surface area contributed by atoms with Crippen LogP contribution in [0.1, 0.15) is 40.6 Å². The normalized spacial score (nSPS) is 13.0. The Morgan fingerprint density at radius 3 is 2.75 bits per heavy atom. The molecular weight excluding hydrogens is 406 g/mol. The fourth-order valence-corrected chi connectivity index (χ4v) is 4.66. The number of nitrogens with one attached hydrogen (secondary N) is 2. The Kier molecular flexibility index (Phi) is 6.79. The predicted octanol–water partition coefficient (Wildman–Crippen LogP) is 5.21. The van der Waals surface area contributed by atoms with E-state index in [-0.39, 0.29) is 23.4 Å². The summed E-state index contributed by atoms with van der Waals surface area (Å²) in [5, 5.41) is 6.67. The lowest BCUT2D eigenvalue weighted by Crippen LogP contribution is -2.21. The first-order chi connectivity index (χ1) is 13.5. The minimum absolute atomic E-state index is 0.0160. The molecule has 0 fully saturated rings. The van der Waals surface area contributed by atoms with Crippen LogP contribution in [0.25, 0.3) is 0 Å². The van der Waals surface area contributed by atoms with Crippen LogP contribution in [0.4, 0.5) is 19.5 Å². The standard InChI is InChI=1S/C19H20F2N2O3S2/c1-2-25-17(24)15-11-7-3-6-10-14(11)28-16(15)23-19(27)22-12-8-4-5-9-13(12)26-18(20)21/h4-5,8-9,18H,2-3,6-7,10H2,1H3,(H2,22,23,27). The van der Waals surface area contributed by atoms with E-state index in [1.54, 1.807) is 25.1 Å². The summed E-state index contributed by atoms with van der Waals surface area (Å²) in [6.45, 7) is -0.899. The van der Waals surface area contributed by atoms with Crippen molar-refractivity contribution in [3.05, 3.63) is 40.3 Å². The van der Waals surface area contributed by atoms with Gasteiger partial charge in [0.15, 0.2) is 5.11 Å². The molecule has 150 valence electrons. The molecule has 1 aromatic carbocycles. The number of hydrogen-bond donors (Lipinski definition) is 2. The third-order valence-corrected chi connectivity index (χ3v) is 5.64. The van der Waals surface area contributed by atoms with Crippen LogP contribution in [0.5, 0.6) is 5.75 Å². The number of fused-ring (bicyclic) bond motifs is 1. The number of anilines is 2. The van der Waals surface area contributed by atoms with Gasteiger partial charge in [-0.15, -0.1) is 11.3 Å². The van der Waals surface area contributed by atoms with E-state index in [0.717, 1.165) is 36.1 Å². The van der Waals surface area contributed by atoms with Crippen molar-refractivity contribution in [1.29, 1.82) is 0 Å². The van der Waals surface area contributed by atoms with Gasteiger partial charge in [-0.3, -0.25) is 0 Å². The molecule has 0 spiro atoms. The van der Waals surface area contributed by atoms with E-state index in [4.69, 9.17) is 17.0 Å². The summed E-state index contributed by atoms with van der Waals surface area (Å²) in [6.07, 6.45) is 3.85. The van der Waals surface area contributed by atoms with Gasteiger partial charge in [0, 0.05) is 4.88 Å².